The summed E-state index contributed by atoms with van der Waals surface area (Å²) < 4.78 is 0. The number of hydrogen-bond acceptors (Lipinski definition) is 4. The highest BCUT2D eigenvalue weighted by Gasteiger charge is 2.14. The quantitative estimate of drug-likeness (QED) is 0.850. The summed E-state index contributed by atoms with van der Waals surface area (Å²) in [6.07, 6.45) is 1.57. The van der Waals surface area contributed by atoms with Gasteiger partial charge in [0.05, 0.1) is 0 Å². The third-order valence-corrected chi connectivity index (χ3v) is 3.00. The number of amides is 2. The van der Waals surface area contributed by atoms with E-state index < -0.39 is 11.8 Å². The first-order chi connectivity index (χ1) is 10.5. The summed E-state index contributed by atoms with van der Waals surface area (Å²) in [4.78, 5) is 29.6. The van der Waals surface area contributed by atoms with Crippen LogP contribution in [0.25, 0.3) is 0 Å². The van der Waals surface area contributed by atoms with Crippen LogP contribution in [-0.4, -0.2) is 30.9 Å². The molecule has 0 aliphatic rings. The van der Waals surface area contributed by atoms with E-state index in [1.165, 1.54) is 0 Å². The van der Waals surface area contributed by atoms with E-state index in [2.05, 4.69) is 15.6 Å². The van der Waals surface area contributed by atoms with Gasteiger partial charge in [0, 0.05) is 31.7 Å². The third-order valence-electron chi connectivity index (χ3n) is 3.00. The van der Waals surface area contributed by atoms with Crippen LogP contribution in [0.1, 0.15) is 5.56 Å². The molecule has 0 aliphatic heterocycles. The summed E-state index contributed by atoms with van der Waals surface area (Å²) >= 11 is 0. The van der Waals surface area contributed by atoms with Crippen molar-refractivity contribution in [1.29, 1.82) is 0 Å². The highest BCUT2D eigenvalue weighted by Crippen LogP contribution is 2.15. The molecule has 114 valence electrons. The Hall–Kier alpha value is -2.89. The van der Waals surface area contributed by atoms with E-state index in [-0.39, 0.29) is 0 Å². The zero-order valence-corrected chi connectivity index (χ0v) is 12.8. The minimum absolute atomic E-state index is 0.350. The third kappa shape index (κ3) is 4.05. The molecule has 0 saturated carbocycles. The molecule has 1 heterocycles. The van der Waals surface area contributed by atoms with Gasteiger partial charge in [-0.05, 0) is 48.9 Å². The molecule has 6 nitrogen and oxygen atoms in total. The lowest BCUT2D eigenvalue weighted by atomic mass is 10.2. The summed E-state index contributed by atoms with van der Waals surface area (Å²) in [6, 6.07) is 10.7. The number of benzene rings is 1. The van der Waals surface area contributed by atoms with Gasteiger partial charge in [-0.15, -0.1) is 0 Å². The van der Waals surface area contributed by atoms with Crippen molar-refractivity contribution < 1.29 is 9.59 Å². The first kappa shape index (κ1) is 15.5. The van der Waals surface area contributed by atoms with Crippen molar-refractivity contribution in [3.8, 4) is 0 Å². The summed E-state index contributed by atoms with van der Waals surface area (Å²) in [5, 5.41) is 5.01. The lowest BCUT2D eigenvalue weighted by molar-refractivity contribution is -0.133. The Labute approximate surface area is 129 Å². The Kier molecular flexibility index (Phi) is 4.73. The van der Waals surface area contributed by atoms with Crippen LogP contribution in [-0.2, 0) is 9.59 Å². The van der Waals surface area contributed by atoms with Crippen molar-refractivity contribution in [2.24, 2.45) is 0 Å². The van der Waals surface area contributed by atoms with Gasteiger partial charge in [-0.25, -0.2) is 4.98 Å². The molecule has 1 aromatic carbocycles. The molecule has 6 heteroatoms. The minimum Gasteiger partial charge on any atom is -0.378 e. The summed E-state index contributed by atoms with van der Waals surface area (Å²) in [6.45, 7) is 1.88. The molecule has 2 amide bonds. The highest BCUT2D eigenvalue weighted by atomic mass is 16.2. The van der Waals surface area contributed by atoms with E-state index >= 15 is 0 Å². The Bertz CT molecular complexity index is 681. The first-order valence-electron chi connectivity index (χ1n) is 6.78. The van der Waals surface area contributed by atoms with Crippen LogP contribution in [0.15, 0.2) is 42.6 Å². The van der Waals surface area contributed by atoms with Crippen molar-refractivity contribution in [1.82, 2.24) is 4.98 Å². The van der Waals surface area contributed by atoms with Gasteiger partial charge in [0.2, 0.25) is 0 Å². The number of aryl methyl sites for hydroxylation is 1. The molecule has 0 saturated heterocycles. The number of pyridine rings is 1. The second kappa shape index (κ2) is 6.71. The van der Waals surface area contributed by atoms with E-state index in [9.17, 15) is 9.59 Å². The standard InChI is InChI=1S/C16H18N4O2/c1-11-8-9-17-14(10-11)19-16(22)15(21)18-12-4-6-13(7-5-12)20(2)3/h4-10H,1-3H3,(H,18,21)(H,17,19,22). The van der Waals surface area contributed by atoms with Crippen LogP contribution in [0, 0.1) is 6.92 Å². The molecule has 0 radical (unpaired) electrons. The Balaban J connectivity index is 1.98. The van der Waals surface area contributed by atoms with Gasteiger partial charge < -0.3 is 15.5 Å². The SMILES string of the molecule is Cc1ccnc(NC(=O)C(=O)Nc2ccc(N(C)C)cc2)c1. The second-order valence-corrected chi connectivity index (χ2v) is 5.07. The zero-order chi connectivity index (χ0) is 16.1. The predicted molar refractivity (Wildman–Crippen MR) is 87.0 cm³/mol. The number of aromatic nitrogens is 1. The van der Waals surface area contributed by atoms with Crippen LogP contribution >= 0.6 is 0 Å². The Morgan fingerprint density at radius 2 is 1.64 bits per heavy atom. The molecule has 22 heavy (non-hydrogen) atoms. The topological polar surface area (TPSA) is 74.3 Å². The fraction of sp³-hybridized carbons (Fsp3) is 0.188. The van der Waals surface area contributed by atoms with Gasteiger partial charge in [-0.3, -0.25) is 9.59 Å². The average molecular weight is 298 g/mol. The zero-order valence-electron chi connectivity index (χ0n) is 12.8. The van der Waals surface area contributed by atoms with Gasteiger partial charge in [-0.1, -0.05) is 0 Å². The fourth-order valence-electron chi connectivity index (χ4n) is 1.81. The molecule has 1 aromatic heterocycles. The van der Waals surface area contributed by atoms with Crippen LogP contribution < -0.4 is 15.5 Å². The van der Waals surface area contributed by atoms with E-state index in [0.717, 1.165) is 11.3 Å². The maximum Gasteiger partial charge on any atom is 0.315 e. The van der Waals surface area contributed by atoms with E-state index in [1.54, 1.807) is 24.4 Å². The van der Waals surface area contributed by atoms with Crippen LogP contribution in [0.4, 0.5) is 17.2 Å². The maximum absolute atomic E-state index is 11.9. The second-order valence-electron chi connectivity index (χ2n) is 5.07. The molecule has 0 bridgehead atoms. The largest absolute Gasteiger partial charge is 0.378 e. The van der Waals surface area contributed by atoms with Crippen LogP contribution in [0.2, 0.25) is 0 Å². The summed E-state index contributed by atoms with van der Waals surface area (Å²) in [5.74, 6) is -1.14. The normalized spacial score (nSPS) is 9.95. The number of rotatable bonds is 3. The molecule has 0 spiro atoms. The lowest BCUT2D eigenvalue weighted by Gasteiger charge is -2.13. The van der Waals surface area contributed by atoms with Crippen molar-refractivity contribution >= 4 is 29.0 Å². The van der Waals surface area contributed by atoms with Gasteiger partial charge in [-0.2, -0.15) is 0 Å². The lowest BCUT2D eigenvalue weighted by Crippen LogP contribution is -2.29. The molecule has 0 atom stereocenters. The van der Waals surface area contributed by atoms with E-state index in [0.29, 0.717) is 11.5 Å². The molecule has 0 aliphatic carbocycles. The Morgan fingerprint density at radius 3 is 2.23 bits per heavy atom. The van der Waals surface area contributed by atoms with Crippen LogP contribution in [0.3, 0.4) is 0 Å². The minimum atomic E-state index is -0.755. The molecule has 0 fully saturated rings. The fourth-order valence-corrected chi connectivity index (χ4v) is 1.81. The van der Waals surface area contributed by atoms with Crippen molar-refractivity contribution in [3.05, 3.63) is 48.2 Å². The van der Waals surface area contributed by atoms with Gasteiger partial charge in [0.25, 0.3) is 0 Å². The number of nitrogens with one attached hydrogen (secondary N) is 2. The monoisotopic (exact) mass is 298 g/mol. The van der Waals surface area contributed by atoms with E-state index in [4.69, 9.17) is 0 Å². The number of anilines is 3. The molecule has 2 aromatic rings. The molecule has 2 N–H and O–H groups in total. The van der Waals surface area contributed by atoms with E-state index in [1.807, 2.05) is 44.1 Å². The van der Waals surface area contributed by atoms with Crippen LogP contribution in [0.5, 0.6) is 0 Å². The summed E-state index contributed by atoms with van der Waals surface area (Å²) in [7, 11) is 3.85. The van der Waals surface area contributed by atoms with Gasteiger partial charge in [0.15, 0.2) is 0 Å². The number of nitrogens with zero attached hydrogens (tertiary/aromatic N) is 2. The maximum atomic E-state index is 11.9. The Morgan fingerprint density at radius 1 is 1.00 bits per heavy atom. The highest BCUT2D eigenvalue weighted by molar-refractivity contribution is 6.43. The van der Waals surface area contributed by atoms with Crippen molar-refractivity contribution in [2.45, 2.75) is 6.92 Å². The molecule has 2 rings (SSSR count). The van der Waals surface area contributed by atoms with Crippen molar-refractivity contribution in [3.63, 3.8) is 0 Å². The number of carbonyl (C=O) groups excluding carboxylic acids is 2. The first-order valence-corrected chi connectivity index (χ1v) is 6.78. The van der Waals surface area contributed by atoms with Gasteiger partial charge >= 0.3 is 11.8 Å². The smallest absolute Gasteiger partial charge is 0.315 e. The number of carbonyl (C=O) groups is 2. The predicted octanol–water partition coefficient (Wildman–Crippen LogP) is 2.03. The van der Waals surface area contributed by atoms with Crippen molar-refractivity contribution in [2.75, 3.05) is 29.6 Å². The molecular formula is C16H18N4O2. The number of hydrogen-bond donors (Lipinski definition) is 2. The molecule has 0 unspecified atom stereocenters. The molecular weight excluding hydrogens is 280 g/mol. The summed E-state index contributed by atoms with van der Waals surface area (Å²) in [5.41, 5.74) is 2.51. The van der Waals surface area contributed by atoms with Gasteiger partial charge in [0.1, 0.15) is 5.82 Å². The average Bonchev–Trinajstić information content (AvgIpc) is 2.47.